The van der Waals surface area contributed by atoms with Gasteiger partial charge in [-0.05, 0) is 31.5 Å². The molecule has 6 heteroatoms. The molecule has 0 spiro atoms. The lowest BCUT2D eigenvalue weighted by molar-refractivity contribution is -0.137. The van der Waals surface area contributed by atoms with Crippen LogP contribution in [0.3, 0.4) is 0 Å². The maximum absolute atomic E-state index is 13.2. The lowest BCUT2D eigenvalue weighted by atomic mass is 10.0. The smallest absolute Gasteiger partial charge is 0.365 e. The Morgan fingerprint density at radius 3 is 2.70 bits per heavy atom. The van der Waals surface area contributed by atoms with Gasteiger partial charge in [-0.15, -0.1) is 0 Å². The fraction of sp³-hybridized carbons (Fsp3) is 0.571. The number of nitrogens with zero attached hydrogens (tertiary/aromatic N) is 1. The molecule has 0 amide bonds. The first kappa shape index (κ1) is 15.6. The van der Waals surface area contributed by atoms with Crippen molar-refractivity contribution in [3.63, 3.8) is 0 Å². The Labute approximate surface area is 125 Å². The van der Waals surface area contributed by atoms with Crippen molar-refractivity contribution in [3.05, 3.63) is 28.2 Å². The minimum absolute atomic E-state index is 0.0417. The highest BCUT2D eigenvalue weighted by molar-refractivity contribution is 9.10. The highest BCUT2D eigenvalue weighted by Gasteiger charge is 2.37. The summed E-state index contributed by atoms with van der Waals surface area (Å²) in [4.78, 5) is 1.86. The van der Waals surface area contributed by atoms with Crippen LogP contribution in [0.15, 0.2) is 22.7 Å². The van der Waals surface area contributed by atoms with Gasteiger partial charge in [0.15, 0.2) is 0 Å². The average Bonchev–Trinajstić information content (AvgIpc) is 2.38. The molecule has 20 heavy (non-hydrogen) atoms. The first-order chi connectivity index (χ1) is 9.32. The van der Waals surface area contributed by atoms with Gasteiger partial charge in [-0.3, -0.25) is 0 Å². The van der Waals surface area contributed by atoms with Crippen LogP contribution >= 0.6 is 15.9 Å². The fourth-order valence-corrected chi connectivity index (χ4v) is 2.89. The fourth-order valence-electron chi connectivity index (χ4n) is 2.52. The normalized spacial score (nSPS) is 24.0. The summed E-state index contributed by atoms with van der Waals surface area (Å²) in [6.45, 7) is 5.29. The second-order valence-corrected chi connectivity index (χ2v) is 6.09. The van der Waals surface area contributed by atoms with E-state index in [2.05, 4.69) is 21.2 Å². The Kier molecular flexibility index (Phi) is 4.64. The predicted octanol–water partition coefficient (Wildman–Crippen LogP) is 4.04. The summed E-state index contributed by atoms with van der Waals surface area (Å²) in [5.41, 5.74) is -0.302. The average molecular weight is 351 g/mol. The Bertz CT molecular complexity index is 476. The first-order valence-corrected chi connectivity index (χ1v) is 7.49. The van der Waals surface area contributed by atoms with Crippen molar-refractivity contribution in [3.8, 4) is 0 Å². The minimum Gasteiger partial charge on any atom is -0.365 e. The van der Waals surface area contributed by atoms with Crippen molar-refractivity contribution in [1.82, 2.24) is 5.32 Å². The van der Waals surface area contributed by atoms with Gasteiger partial charge in [0.1, 0.15) is 0 Å². The molecule has 0 aromatic heterocycles. The zero-order valence-electron chi connectivity index (χ0n) is 11.5. The SMILES string of the molecule is CCC1CN(c2ccc(Br)cc2C(F)(F)F)C(C)CN1. The predicted molar refractivity (Wildman–Crippen MR) is 78.0 cm³/mol. The summed E-state index contributed by atoms with van der Waals surface area (Å²) in [5, 5.41) is 3.36. The summed E-state index contributed by atoms with van der Waals surface area (Å²) in [7, 11) is 0. The second kappa shape index (κ2) is 5.93. The van der Waals surface area contributed by atoms with Gasteiger partial charge in [0.2, 0.25) is 0 Å². The van der Waals surface area contributed by atoms with Crippen LogP contribution < -0.4 is 10.2 Å². The molecule has 1 aromatic rings. The van der Waals surface area contributed by atoms with Crippen molar-refractivity contribution in [1.29, 1.82) is 0 Å². The zero-order valence-corrected chi connectivity index (χ0v) is 13.1. The quantitative estimate of drug-likeness (QED) is 0.865. The molecule has 2 nitrogen and oxygen atoms in total. The van der Waals surface area contributed by atoms with Crippen molar-refractivity contribution in [2.45, 2.75) is 38.5 Å². The van der Waals surface area contributed by atoms with E-state index < -0.39 is 11.7 Å². The van der Waals surface area contributed by atoms with E-state index in [1.54, 1.807) is 12.1 Å². The third-order valence-electron chi connectivity index (χ3n) is 3.72. The number of benzene rings is 1. The molecule has 1 aliphatic rings. The molecular formula is C14H18BrF3N2. The number of hydrogen-bond donors (Lipinski definition) is 1. The number of halogens is 4. The topological polar surface area (TPSA) is 15.3 Å². The van der Waals surface area contributed by atoms with Crippen LogP contribution in [0, 0.1) is 0 Å². The van der Waals surface area contributed by atoms with Crippen molar-refractivity contribution >= 4 is 21.6 Å². The largest absolute Gasteiger partial charge is 0.418 e. The van der Waals surface area contributed by atoms with Gasteiger partial charge in [0.05, 0.1) is 5.56 Å². The molecule has 2 rings (SSSR count). The van der Waals surface area contributed by atoms with Crippen LogP contribution in [0.25, 0.3) is 0 Å². The zero-order chi connectivity index (χ0) is 14.9. The highest BCUT2D eigenvalue weighted by Crippen LogP contribution is 2.39. The lowest BCUT2D eigenvalue weighted by Gasteiger charge is -2.41. The van der Waals surface area contributed by atoms with Crippen LogP contribution in [0.4, 0.5) is 18.9 Å². The maximum atomic E-state index is 13.2. The van der Waals surface area contributed by atoms with Crippen molar-refractivity contribution in [2.24, 2.45) is 0 Å². The van der Waals surface area contributed by atoms with E-state index in [9.17, 15) is 13.2 Å². The molecule has 1 saturated heterocycles. The third kappa shape index (κ3) is 3.28. The van der Waals surface area contributed by atoms with Crippen LogP contribution in [0.5, 0.6) is 0 Å². The number of hydrogen-bond acceptors (Lipinski definition) is 2. The van der Waals surface area contributed by atoms with Crippen molar-refractivity contribution in [2.75, 3.05) is 18.0 Å². The van der Waals surface area contributed by atoms with E-state index in [0.29, 0.717) is 17.6 Å². The first-order valence-electron chi connectivity index (χ1n) is 6.69. The van der Waals surface area contributed by atoms with Gasteiger partial charge >= 0.3 is 6.18 Å². The number of nitrogens with one attached hydrogen (secondary N) is 1. The number of piperazine rings is 1. The van der Waals surface area contributed by atoms with E-state index in [0.717, 1.165) is 12.5 Å². The molecule has 1 aromatic carbocycles. The number of anilines is 1. The molecule has 1 N–H and O–H groups in total. The minimum atomic E-state index is -4.34. The Balaban J connectivity index is 2.40. The summed E-state index contributed by atoms with van der Waals surface area (Å²) >= 11 is 3.12. The van der Waals surface area contributed by atoms with Gasteiger partial charge < -0.3 is 10.2 Å². The second-order valence-electron chi connectivity index (χ2n) is 5.17. The summed E-state index contributed by atoms with van der Waals surface area (Å²) in [6.07, 6.45) is -3.44. The maximum Gasteiger partial charge on any atom is 0.418 e. The van der Waals surface area contributed by atoms with Gasteiger partial charge in [0.25, 0.3) is 0 Å². The molecule has 0 aliphatic carbocycles. The molecule has 1 aliphatic heterocycles. The number of alkyl halides is 3. The third-order valence-corrected chi connectivity index (χ3v) is 4.21. The van der Waals surface area contributed by atoms with Crippen LogP contribution in [-0.4, -0.2) is 25.2 Å². The molecule has 1 fully saturated rings. The molecule has 1 heterocycles. The molecule has 0 radical (unpaired) electrons. The van der Waals surface area contributed by atoms with Crippen LogP contribution in [-0.2, 0) is 6.18 Å². The van der Waals surface area contributed by atoms with E-state index >= 15 is 0 Å². The van der Waals surface area contributed by atoms with Gasteiger partial charge in [0, 0.05) is 35.3 Å². The molecule has 0 bridgehead atoms. The Morgan fingerprint density at radius 2 is 2.10 bits per heavy atom. The molecule has 112 valence electrons. The van der Waals surface area contributed by atoms with Crippen molar-refractivity contribution < 1.29 is 13.2 Å². The van der Waals surface area contributed by atoms with E-state index in [-0.39, 0.29) is 17.8 Å². The molecular weight excluding hydrogens is 333 g/mol. The molecule has 0 saturated carbocycles. The van der Waals surface area contributed by atoms with Crippen LogP contribution in [0.1, 0.15) is 25.8 Å². The highest BCUT2D eigenvalue weighted by atomic mass is 79.9. The van der Waals surface area contributed by atoms with Gasteiger partial charge in [-0.2, -0.15) is 13.2 Å². The molecule has 2 atom stereocenters. The van der Waals surface area contributed by atoms with Gasteiger partial charge in [-0.1, -0.05) is 22.9 Å². The lowest BCUT2D eigenvalue weighted by Crippen LogP contribution is -2.55. The Morgan fingerprint density at radius 1 is 1.40 bits per heavy atom. The van der Waals surface area contributed by atoms with E-state index in [4.69, 9.17) is 0 Å². The summed E-state index contributed by atoms with van der Waals surface area (Å²) in [6, 6.07) is 4.66. The number of rotatable bonds is 2. The van der Waals surface area contributed by atoms with Gasteiger partial charge in [-0.25, -0.2) is 0 Å². The standard InChI is InChI=1S/C14H18BrF3N2/c1-3-11-8-20(9(2)7-19-11)13-5-4-10(15)6-12(13)14(16,17)18/h4-6,9,11,19H,3,7-8H2,1-2H3. The molecule has 2 unspecified atom stereocenters. The summed E-state index contributed by atoms with van der Waals surface area (Å²) < 4.78 is 40.1. The monoisotopic (exact) mass is 350 g/mol. The van der Waals surface area contributed by atoms with E-state index in [1.165, 1.54) is 0 Å². The van der Waals surface area contributed by atoms with Crippen LogP contribution in [0.2, 0.25) is 0 Å². The Hall–Kier alpha value is -0.750. The summed E-state index contributed by atoms with van der Waals surface area (Å²) in [5.74, 6) is 0. The van der Waals surface area contributed by atoms with E-state index in [1.807, 2.05) is 18.7 Å².